The molecule has 0 amide bonds. The van der Waals surface area contributed by atoms with E-state index in [0.717, 1.165) is 34.9 Å². The highest BCUT2D eigenvalue weighted by molar-refractivity contribution is 9.10. The second-order valence-electron chi connectivity index (χ2n) is 4.20. The van der Waals surface area contributed by atoms with Gasteiger partial charge in [-0.25, -0.2) is 0 Å². The number of carbonyl (C=O) groups is 1. The van der Waals surface area contributed by atoms with E-state index in [4.69, 9.17) is 0 Å². The molecule has 0 bridgehead atoms. The smallest absolute Gasteiger partial charge is 0.314 e. The van der Waals surface area contributed by atoms with Crippen molar-refractivity contribution in [3.8, 4) is 0 Å². The fourth-order valence-corrected chi connectivity index (χ4v) is 2.60. The molecule has 2 rings (SSSR count). The van der Waals surface area contributed by atoms with Crippen molar-refractivity contribution in [2.75, 3.05) is 0 Å². The molecule has 0 saturated heterocycles. The summed E-state index contributed by atoms with van der Waals surface area (Å²) >= 11 is 3.40. The number of halogens is 1. The standard InChI is InChI=1S/C12H13BrO2/c1-8-3-4-9(13)7-10(8)12(11(14)15)5-2-6-12/h3-4,7H,2,5-6H2,1H3,(H,14,15). The highest BCUT2D eigenvalue weighted by Crippen LogP contribution is 2.45. The van der Waals surface area contributed by atoms with E-state index in [0.29, 0.717) is 0 Å². The average Bonchev–Trinajstić information content (AvgIpc) is 2.08. The Balaban J connectivity index is 2.51. The summed E-state index contributed by atoms with van der Waals surface area (Å²) in [5.74, 6) is -0.685. The van der Waals surface area contributed by atoms with E-state index in [9.17, 15) is 9.90 Å². The number of benzene rings is 1. The lowest BCUT2D eigenvalue weighted by molar-refractivity contribution is -0.147. The maximum atomic E-state index is 11.4. The van der Waals surface area contributed by atoms with Crippen LogP contribution in [0.25, 0.3) is 0 Å². The predicted molar refractivity (Wildman–Crippen MR) is 62.0 cm³/mol. The van der Waals surface area contributed by atoms with Crippen LogP contribution in [0, 0.1) is 6.92 Å². The van der Waals surface area contributed by atoms with E-state index < -0.39 is 11.4 Å². The molecule has 0 atom stereocenters. The molecule has 1 N–H and O–H groups in total. The summed E-state index contributed by atoms with van der Waals surface area (Å²) in [6.07, 6.45) is 2.54. The second-order valence-corrected chi connectivity index (χ2v) is 5.12. The normalized spacial score (nSPS) is 18.3. The van der Waals surface area contributed by atoms with Crippen molar-refractivity contribution in [3.63, 3.8) is 0 Å². The number of hydrogen-bond donors (Lipinski definition) is 1. The Morgan fingerprint density at radius 1 is 1.47 bits per heavy atom. The molecular weight excluding hydrogens is 256 g/mol. The van der Waals surface area contributed by atoms with Crippen LogP contribution in [-0.4, -0.2) is 11.1 Å². The summed E-state index contributed by atoms with van der Waals surface area (Å²) in [7, 11) is 0. The van der Waals surface area contributed by atoms with Crippen LogP contribution in [0.4, 0.5) is 0 Å². The van der Waals surface area contributed by atoms with E-state index in [-0.39, 0.29) is 0 Å². The quantitative estimate of drug-likeness (QED) is 0.894. The molecule has 2 nitrogen and oxygen atoms in total. The molecule has 1 aliphatic rings. The van der Waals surface area contributed by atoms with Gasteiger partial charge in [-0.2, -0.15) is 0 Å². The number of hydrogen-bond acceptors (Lipinski definition) is 1. The van der Waals surface area contributed by atoms with Crippen molar-refractivity contribution < 1.29 is 9.90 Å². The summed E-state index contributed by atoms with van der Waals surface area (Å²) in [6.45, 7) is 1.98. The Hall–Kier alpha value is -0.830. The predicted octanol–water partition coefficient (Wildman–Crippen LogP) is 3.26. The first-order valence-electron chi connectivity index (χ1n) is 5.06. The van der Waals surface area contributed by atoms with E-state index in [1.165, 1.54) is 0 Å². The van der Waals surface area contributed by atoms with Gasteiger partial charge in [0, 0.05) is 4.47 Å². The summed E-state index contributed by atoms with van der Waals surface area (Å²) in [5, 5.41) is 9.34. The van der Waals surface area contributed by atoms with Crippen LogP contribution < -0.4 is 0 Å². The highest BCUT2D eigenvalue weighted by Gasteiger charge is 2.46. The summed E-state index contributed by atoms with van der Waals surface area (Å²) in [4.78, 5) is 11.4. The molecule has 1 aliphatic carbocycles. The second kappa shape index (κ2) is 3.63. The van der Waals surface area contributed by atoms with Gasteiger partial charge in [-0.05, 0) is 43.0 Å². The number of rotatable bonds is 2. The van der Waals surface area contributed by atoms with Gasteiger partial charge >= 0.3 is 5.97 Å². The zero-order valence-electron chi connectivity index (χ0n) is 8.59. The molecule has 3 heteroatoms. The third-order valence-electron chi connectivity index (χ3n) is 3.33. The number of aliphatic carboxylic acids is 1. The van der Waals surface area contributed by atoms with Gasteiger partial charge < -0.3 is 5.11 Å². The molecule has 0 heterocycles. The Morgan fingerprint density at radius 3 is 2.60 bits per heavy atom. The number of carboxylic acid groups (broad SMARTS) is 1. The van der Waals surface area contributed by atoms with Gasteiger partial charge in [0.15, 0.2) is 0 Å². The van der Waals surface area contributed by atoms with E-state index >= 15 is 0 Å². The van der Waals surface area contributed by atoms with Gasteiger partial charge in [0.2, 0.25) is 0 Å². The minimum atomic E-state index is -0.685. The van der Waals surface area contributed by atoms with Gasteiger partial charge in [-0.15, -0.1) is 0 Å². The SMILES string of the molecule is Cc1ccc(Br)cc1C1(C(=O)O)CCC1. The highest BCUT2D eigenvalue weighted by atomic mass is 79.9. The van der Waals surface area contributed by atoms with Crippen LogP contribution in [0.3, 0.4) is 0 Å². The van der Waals surface area contributed by atoms with E-state index in [2.05, 4.69) is 15.9 Å². The summed E-state index contributed by atoms with van der Waals surface area (Å²) in [6, 6.07) is 5.87. The van der Waals surface area contributed by atoms with E-state index in [1.807, 2.05) is 25.1 Å². The maximum absolute atomic E-state index is 11.4. The van der Waals surface area contributed by atoms with Gasteiger partial charge in [-0.3, -0.25) is 4.79 Å². The average molecular weight is 269 g/mol. The first-order chi connectivity index (χ1) is 7.06. The number of aryl methyl sites for hydroxylation is 1. The van der Waals surface area contributed by atoms with Crippen LogP contribution in [0.1, 0.15) is 30.4 Å². The maximum Gasteiger partial charge on any atom is 0.314 e. The molecule has 0 unspecified atom stereocenters. The minimum Gasteiger partial charge on any atom is -0.481 e. The molecule has 0 aliphatic heterocycles. The van der Waals surface area contributed by atoms with Crippen molar-refractivity contribution in [2.45, 2.75) is 31.6 Å². The summed E-state index contributed by atoms with van der Waals surface area (Å²) < 4.78 is 0.954. The van der Waals surface area contributed by atoms with Crippen LogP contribution >= 0.6 is 15.9 Å². The number of carboxylic acids is 1. The van der Waals surface area contributed by atoms with Crippen LogP contribution in [-0.2, 0) is 10.2 Å². The van der Waals surface area contributed by atoms with Gasteiger partial charge in [0.1, 0.15) is 0 Å². The molecule has 1 fully saturated rings. The van der Waals surface area contributed by atoms with Crippen molar-refractivity contribution in [1.82, 2.24) is 0 Å². The van der Waals surface area contributed by atoms with Gasteiger partial charge in [0.25, 0.3) is 0 Å². The molecule has 15 heavy (non-hydrogen) atoms. The molecule has 80 valence electrons. The van der Waals surface area contributed by atoms with Crippen molar-refractivity contribution in [2.24, 2.45) is 0 Å². The van der Waals surface area contributed by atoms with Crippen LogP contribution in [0.2, 0.25) is 0 Å². The zero-order valence-corrected chi connectivity index (χ0v) is 10.2. The Labute approximate surface area is 97.4 Å². The van der Waals surface area contributed by atoms with E-state index in [1.54, 1.807) is 0 Å². The Morgan fingerprint density at radius 2 is 2.13 bits per heavy atom. The lowest BCUT2D eigenvalue weighted by atomic mass is 9.63. The minimum absolute atomic E-state index is 0.617. The monoisotopic (exact) mass is 268 g/mol. The lowest BCUT2D eigenvalue weighted by Crippen LogP contribution is -2.42. The lowest BCUT2D eigenvalue weighted by Gasteiger charge is -2.39. The molecule has 0 spiro atoms. The van der Waals surface area contributed by atoms with Gasteiger partial charge in [-0.1, -0.05) is 28.4 Å². The van der Waals surface area contributed by atoms with Gasteiger partial charge in [0.05, 0.1) is 5.41 Å². The topological polar surface area (TPSA) is 37.3 Å². The van der Waals surface area contributed by atoms with Crippen LogP contribution in [0.15, 0.2) is 22.7 Å². The first kappa shape index (κ1) is 10.7. The molecule has 1 aromatic carbocycles. The fraction of sp³-hybridized carbons (Fsp3) is 0.417. The molecule has 1 saturated carbocycles. The van der Waals surface area contributed by atoms with Crippen molar-refractivity contribution in [1.29, 1.82) is 0 Å². The van der Waals surface area contributed by atoms with Crippen molar-refractivity contribution >= 4 is 21.9 Å². The third-order valence-corrected chi connectivity index (χ3v) is 3.82. The molecular formula is C12H13BrO2. The Bertz CT molecular complexity index is 408. The Kier molecular flexibility index (Phi) is 2.59. The molecule has 1 aromatic rings. The van der Waals surface area contributed by atoms with Crippen LogP contribution in [0.5, 0.6) is 0 Å². The summed E-state index contributed by atoms with van der Waals surface area (Å²) in [5.41, 5.74) is 1.42. The molecule has 0 radical (unpaired) electrons. The van der Waals surface area contributed by atoms with Crippen molar-refractivity contribution in [3.05, 3.63) is 33.8 Å². The third kappa shape index (κ3) is 1.59. The largest absolute Gasteiger partial charge is 0.481 e. The molecule has 0 aromatic heterocycles. The fourth-order valence-electron chi connectivity index (χ4n) is 2.24. The first-order valence-corrected chi connectivity index (χ1v) is 5.85. The zero-order chi connectivity index (χ0) is 11.1.